The third kappa shape index (κ3) is 2.71. The second-order valence-corrected chi connectivity index (χ2v) is 4.70. The number of hydrogen-bond donors (Lipinski definition) is 1. The monoisotopic (exact) mass is 199 g/mol. The van der Waals surface area contributed by atoms with Gasteiger partial charge in [0.2, 0.25) is 0 Å². The highest BCUT2D eigenvalue weighted by molar-refractivity contribution is 5.84. The van der Waals surface area contributed by atoms with Crippen LogP contribution in [0.25, 0.3) is 0 Å². The maximum atomic E-state index is 11.7. The van der Waals surface area contributed by atoms with Crippen LogP contribution in [0, 0.1) is 5.92 Å². The fourth-order valence-electron chi connectivity index (χ4n) is 1.93. The second kappa shape index (κ2) is 4.30. The molecule has 0 bridgehead atoms. The average Bonchev–Trinajstić information content (AvgIpc) is 2.15. The van der Waals surface area contributed by atoms with Crippen LogP contribution in [0.4, 0.5) is 0 Å². The summed E-state index contributed by atoms with van der Waals surface area (Å²) < 4.78 is 0. The Morgan fingerprint density at radius 3 is 2.29 bits per heavy atom. The molecule has 3 nitrogen and oxygen atoms in total. The van der Waals surface area contributed by atoms with Gasteiger partial charge in [-0.2, -0.15) is 0 Å². The summed E-state index contributed by atoms with van der Waals surface area (Å²) in [5.41, 5.74) is -1.21. The van der Waals surface area contributed by atoms with E-state index in [0.29, 0.717) is 0 Å². The normalized spacial score (nSPS) is 19.9. The van der Waals surface area contributed by atoms with Gasteiger partial charge in [-0.25, -0.2) is 0 Å². The lowest BCUT2D eigenvalue weighted by molar-refractivity contribution is -0.149. The van der Waals surface area contributed by atoms with E-state index in [1.165, 1.54) is 6.42 Å². The van der Waals surface area contributed by atoms with Crippen LogP contribution < -0.4 is 0 Å². The number of piperidine rings is 1. The molecular weight excluding hydrogens is 178 g/mol. The van der Waals surface area contributed by atoms with Crippen molar-refractivity contribution < 1.29 is 9.90 Å². The standard InChI is InChI=1S/C11H21NO2/c1-4-9-5-7-12(8-6-9)10(13)11(2,3)14/h9,14H,4-8H2,1-3H3. The summed E-state index contributed by atoms with van der Waals surface area (Å²) in [7, 11) is 0. The molecule has 1 heterocycles. The van der Waals surface area contributed by atoms with E-state index in [1.807, 2.05) is 0 Å². The van der Waals surface area contributed by atoms with Crippen LogP contribution in [0.1, 0.15) is 40.0 Å². The van der Waals surface area contributed by atoms with Crippen LogP contribution in [0.15, 0.2) is 0 Å². The Morgan fingerprint density at radius 1 is 1.43 bits per heavy atom. The highest BCUT2D eigenvalue weighted by atomic mass is 16.3. The van der Waals surface area contributed by atoms with E-state index < -0.39 is 5.60 Å². The molecule has 1 rings (SSSR count). The van der Waals surface area contributed by atoms with E-state index in [2.05, 4.69) is 6.92 Å². The number of nitrogens with zero attached hydrogens (tertiary/aromatic N) is 1. The van der Waals surface area contributed by atoms with Gasteiger partial charge in [-0.3, -0.25) is 4.79 Å². The summed E-state index contributed by atoms with van der Waals surface area (Å²) >= 11 is 0. The van der Waals surface area contributed by atoms with Crippen LogP contribution in [0.3, 0.4) is 0 Å². The Morgan fingerprint density at radius 2 is 1.93 bits per heavy atom. The number of carbonyl (C=O) groups is 1. The largest absolute Gasteiger partial charge is 0.381 e. The molecular formula is C11H21NO2. The molecule has 1 N–H and O–H groups in total. The number of aliphatic hydroxyl groups is 1. The molecule has 1 aliphatic rings. The zero-order valence-corrected chi connectivity index (χ0v) is 9.42. The van der Waals surface area contributed by atoms with Crippen molar-refractivity contribution in [2.75, 3.05) is 13.1 Å². The lowest BCUT2D eigenvalue weighted by Crippen LogP contribution is -2.48. The quantitative estimate of drug-likeness (QED) is 0.730. The Labute approximate surface area is 86.1 Å². The molecule has 1 fully saturated rings. The minimum absolute atomic E-state index is 0.132. The van der Waals surface area contributed by atoms with Crippen molar-refractivity contribution in [3.8, 4) is 0 Å². The molecule has 0 unspecified atom stereocenters. The van der Waals surface area contributed by atoms with Gasteiger partial charge in [0.05, 0.1) is 0 Å². The first-order valence-electron chi connectivity index (χ1n) is 5.47. The summed E-state index contributed by atoms with van der Waals surface area (Å²) in [6.45, 7) is 6.92. The van der Waals surface area contributed by atoms with Crippen LogP contribution >= 0.6 is 0 Å². The molecule has 0 aliphatic carbocycles. The van der Waals surface area contributed by atoms with Gasteiger partial charge in [-0.15, -0.1) is 0 Å². The third-order valence-corrected chi connectivity index (χ3v) is 3.00. The molecule has 0 saturated carbocycles. The molecule has 82 valence electrons. The first-order chi connectivity index (χ1) is 6.45. The van der Waals surface area contributed by atoms with Gasteiger partial charge in [-0.1, -0.05) is 13.3 Å². The van der Waals surface area contributed by atoms with Gasteiger partial charge in [-0.05, 0) is 32.6 Å². The van der Waals surface area contributed by atoms with Crippen molar-refractivity contribution in [3.05, 3.63) is 0 Å². The molecule has 3 heteroatoms. The Kier molecular flexibility index (Phi) is 3.53. The highest BCUT2D eigenvalue weighted by Gasteiger charge is 2.31. The molecule has 0 aromatic heterocycles. The van der Waals surface area contributed by atoms with E-state index in [9.17, 15) is 9.90 Å². The first kappa shape index (κ1) is 11.5. The SMILES string of the molecule is CCC1CCN(C(=O)C(C)(C)O)CC1. The Bertz CT molecular complexity index is 200. The van der Waals surface area contributed by atoms with E-state index in [-0.39, 0.29) is 5.91 Å². The topological polar surface area (TPSA) is 40.5 Å². The zero-order chi connectivity index (χ0) is 10.8. The molecule has 14 heavy (non-hydrogen) atoms. The molecule has 0 atom stereocenters. The minimum Gasteiger partial charge on any atom is -0.381 e. The predicted molar refractivity (Wildman–Crippen MR) is 55.9 cm³/mol. The third-order valence-electron chi connectivity index (χ3n) is 3.00. The molecule has 0 spiro atoms. The lowest BCUT2D eigenvalue weighted by Gasteiger charge is -2.34. The van der Waals surface area contributed by atoms with Crippen LogP contribution in [0.2, 0.25) is 0 Å². The van der Waals surface area contributed by atoms with Crippen molar-refractivity contribution in [2.24, 2.45) is 5.92 Å². The van der Waals surface area contributed by atoms with Gasteiger partial charge in [0.15, 0.2) is 0 Å². The van der Waals surface area contributed by atoms with Crippen molar-refractivity contribution in [1.82, 2.24) is 4.90 Å². The molecule has 0 aromatic carbocycles. The first-order valence-corrected chi connectivity index (χ1v) is 5.47. The van der Waals surface area contributed by atoms with Crippen molar-refractivity contribution in [1.29, 1.82) is 0 Å². The number of carbonyl (C=O) groups excluding carboxylic acids is 1. The van der Waals surface area contributed by atoms with Crippen LogP contribution in [-0.4, -0.2) is 34.6 Å². The van der Waals surface area contributed by atoms with Crippen LogP contribution in [-0.2, 0) is 4.79 Å². The van der Waals surface area contributed by atoms with Gasteiger partial charge >= 0.3 is 0 Å². The number of rotatable bonds is 2. The predicted octanol–water partition coefficient (Wildman–Crippen LogP) is 1.41. The summed E-state index contributed by atoms with van der Waals surface area (Å²) in [6, 6.07) is 0. The summed E-state index contributed by atoms with van der Waals surface area (Å²) in [5, 5.41) is 9.57. The van der Waals surface area contributed by atoms with Crippen molar-refractivity contribution in [2.45, 2.75) is 45.6 Å². The molecule has 1 amide bonds. The average molecular weight is 199 g/mol. The molecule has 1 aliphatic heterocycles. The fourth-order valence-corrected chi connectivity index (χ4v) is 1.93. The highest BCUT2D eigenvalue weighted by Crippen LogP contribution is 2.21. The maximum Gasteiger partial charge on any atom is 0.253 e. The van der Waals surface area contributed by atoms with E-state index in [1.54, 1.807) is 18.7 Å². The van der Waals surface area contributed by atoms with E-state index in [4.69, 9.17) is 0 Å². The van der Waals surface area contributed by atoms with Gasteiger partial charge < -0.3 is 10.0 Å². The molecule has 0 radical (unpaired) electrons. The lowest BCUT2D eigenvalue weighted by atomic mass is 9.93. The summed E-state index contributed by atoms with van der Waals surface area (Å²) in [4.78, 5) is 13.5. The van der Waals surface area contributed by atoms with Crippen LogP contribution in [0.5, 0.6) is 0 Å². The fraction of sp³-hybridized carbons (Fsp3) is 0.909. The van der Waals surface area contributed by atoms with Crippen molar-refractivity contribution in [3.63, 3.8) is 0 Å². The Hall–Kier alpha value is -0.570. The molecule has 0 aromatic rings. The summed E-state index contributed by atoms with van der Waals surface area (Å²) in [6.07, 6.45) is 3.36. The zero-order valence-electron chi connectivity index (χ0n) is 9.42. The number of hydrogen-bond acceptors (Lipinski definition) is 2. The van der Waals surface area contributed by atoms with Gasteiger partial charge in [0.25, 0.3) is 5.91 Å². The molecule has 1 saturated heterocycles. The van der Waals surface area contributed by atoms with Gasteiger partial charge in [0.1, 0.15) is 5.60 Å². The maximum absolute atomic E-state index is 11.7. The smallest absolute Gasteiger partial charge is 0.253 e. The number of amides is 1. The second-order valence-electron chi connectivity index (χ2n) is 4.70. The van der Waals surface area contributed by atoms with E-state index in [0.717, 1.165) is 31.8 Å². The minimum atomic E-state index is -1.21. The van der Waals surface area contributed by atoms with Gasteiger partial charge in [0, 0.05) is 13.1 Å². The Balaban J connectivity index is 2.46. The van der Waals surface area contributed by atoms with E-state index >= 15 is 0 Å². The number of likely N-dealkylation sites (tertiary alicyclic amines) is 1. The van der Waals surface area contributed by atoms with Crippen molar-refractivity contribution >= 4 is 5.91 Å². The summed E-state index contributed by atoms with van der Waals surface area (Å²) in [5.74, 6) is 0.632.